The van der Waals surface area contributed by atoms with Gasteiger partial charge >= 0.3 is 0 Å². The molecule has 0 N–H and O–H groups in total. The van der Waals surface area contributed by atoms with Crippen LogP contribution in [0.15, 0.2) is 0 Å². The van der Waals surface area contributed by atoms with Crippen LogP contribution in [0.5, 0.6) is 0 Å². The van der Waals surface area contributed by atoms with Crippen molar-refractivity contribution in [2.24, 2.45) is 0 Å². The zero-order chi connectivity index (χ0) is 11.9. The molecule has 3 rings (SSSR count). The maximum Gasteiger partial charge on any atom is 0.172 e. The van der Waals surface area contributed by atoms with Gasteiger partial charge in [-0.3, -0.25) is 0 Å². The van der Waals surface area contributed by atoms with Gasteiger partial charge in [0.15, 0.2) is 11.6 Å². The lowest BCUT2D eigenvalue weighted by Gasteiger charge is -2.42. The molecule has 0 aromatic carbocycles. The van der Waals surface area contributed by atoms with Gasteiger partial charge in [-0.1, -0.05) is 0 Å². The van der Waals surface area contributed by atoms with Crippen LogP contribution in [-0.4, -0.2) is 23.8 Å². The Kier molecular flexibility index (Phi) is 2.96. The van der Waals surface area contributed by atoms with Crippen molar-refractivity contribution in [1.82, 2.24) is 0 Å². The molecule has 3 aliphatic heterocycles. The fourth-order valence-corrected chi connectivity index (χ4v) is 3.63. The molecule has 0 saturated carbocycles. The molecular formula is C14H24O3. The summed E-state index contributed by atoms with van der Waals surface area (Å²) in [5.74, 6) is -0.649. The van der Waals surface area contributed by atoms with Crippen molar-refractivity contribution >= 4 is 0 Å². The Labute approximate surface area is 104 Å². The summed E-state index contributed by atoms with van der Waals surface area (Å²) in [4.78, 5) is 0. The standard InChI is InChI=1S/C14H24O3/c1-11-5-3-7-13(15-11)9-10-14(17-13)8-4-6-12(2)16-14/h11-12H,3-10H2,1-2H3/t11?,12?,13-,14-/m1/s1. The van der Waals surface area contributed by atoms with E-state index >= 15 is 0 Å². The van der Waals surface area contributed by atoms with E-state index in [0.717, 1.165) is 38.5 Å². The molecule has 3 saturated heterocycles. The molecule has 3 heterocycles. The Hall–Kier alpha value is -0.120. The Balaban J connectivity index is 1.71. The molecule has 3 fully saturated rings. The molecule has 0 radical (unpaired) electrons. The molecule has 0 aromatic rings. The first-order valence-electron chi connectivity index (χ1n) is 7.17. The average molecular weight is 240 g/mol. The van der Waals surface area contributed by atoms with Crippen molar-refractivity contribution in [3.8, 4) is 0 Å². The number of rotatable bonds is 0. The Bertz CT molecular complexity index is 265. The number of hydrogen-bond acceptors (Lipinski definition) is 3. The Morgan fingerprint density at radius 1 is 0.765 bits per heavy atom. The molecule has 17 heavy (non-hydrogen) atoms. The minimum absolute atomic E-state index is 0.325. The van der Waals surface area contributed by atoms with E-state index in [4.69, 9.17) is 14.2 Å². The number of ether oxygens (including phenoxy) is 3. The molecule has 3 aliphatic rings. The van der Waals surface area contributed by atoms with Crippen LogP contribution in [0.1, 0.15) is 65.2 Å². The smallest absolute Gasteiger partial charge is 0.172 e. The third-order valence-electron chi connectivity index (χ3n) is 4.43. The SMILES string of the molecule is CC1CCC[C@@]2(CC[C@@]3(CCCC(C)O3)O2)O1. The fourth-order valence-electron chi connectivity index (χ4n) is 3.63. The first-order chi connectivity index (χ1) is 8.12. The van der Waals surface area contributed by atoms with Crippen LogP contribution >= 0.6 is 0 Å². The van der Waals surface area contributed by atoms with Gasteiger partial charge in [0.25, 0.3) is 0 Å². The molecular weight excluding hydrogens is 216 g/mol. The van der Waals surface area contributed by atoms with Gasteiger partial charge in [-0.05, 0) is 39.5 Å². The van der Waals surface area contributed by atoms with Gasteiger partial charge in [0, 0.05) is 25.7 Å². The Morgan fingerprint density at radius 3 is 1.65 bits per heavy atom. The summed E-state index contributed by atoms with van der Waals surface area (Å²) in [7, 11) is 0. The highest BCUT2D eigenvalue weighted by Gasteiger charge is 2.53. The second kappa shape index (κ2) is 4.22. The van der Waals surface area contributed by atoms with Crippen LogP contribution in [0.3, 0.4) is 0 Å². The van der Waals surface area contributed by atoms with Crippen molar-refractivity contribution < 1.29 is 14.2 Å². The van der Waals surface area contributed by atoms with E-state index in [9.17, 15) is 0 Å². The second-order valence-electron chi connectivity index (χ2n) is 6.06. The van der Waals surface area contributed by atoms with Gasteiger partial charge in [-0.2, -0.15) is 0 Å². The summed E-state index contributed by atoms with van der Waals surface area (Å²) in [6.07, 6.45) is 9.51. The minimum Gasteiger partial charge on any atom is -0.347 e. The van der Waals surface area contributed by atoms with E-state index in [-0.39, 0.29) is 11.6 Å². The molecule has 0 amide bonds. The minimum atomic E-state index is -0.325. The summed E-state index contributed by atoms with van der Waals surface area (Å²) < 4.78 is 18.5. The third kappa shape index (κ3) is 2.25. The van der Waals surface area contributed by atoms with Crippen LogP contribution in [0, 0.1) is 0 Å². The molecule has 4 atom stereocenters. The molecule has 98 valence electrons. The van der Waals surface area contributed by atoms with E-state index in [1.807, 2.05) is 0 Å². The summed E-state index contributed by atoms with van der Waals surface area (Å²) in [5.41, 5.74) is 0. The van der Waals surface area contributed by atoms with E-state index < -0.39 is 0 Å². The van der Waals surface area contributed by atoms with E-state index in [1.165, 1.54) is 12.8 Å². The van der Waals surface area contributed by atoms with Gasteiger partial charge in [-0.15, -0.1) is 0 Å². The maximum absolute atomic E-state index is 6.31. The zero-order valence-corrected chi connectivity index (χ0v) is 11.0. The van der Waals surface area contributed by atoms with Crippen molar-refractivity contribution in [2.75, 3.05) is 0 Å². The third-order valence-corrected chi connectivity index (χ3v) is 4.43. The van der Waals surface area contributed by atoms with Crippen molar-refractivity contribution in [3.05, 3.63) is 0 Å². The van der Waals surface area contributed by atoms with E-state index in [2.05, 4.69) is 13.8 Å². The van der Waals surface area contributed by atoms with Gasteiger partial charge in [0.1, 0.15) is 0 Å². The quantitative estimate of drug-likeness (QED) is 0.649. The van der Waals surface area contributed by atoms with Crippen LogP contribution < -0.4 is 0 Å². The molecule has 3 heteroatoms. The normalized spacial score (nSPS) is 51.2. The molecule has 2 unspecified atom stereocenters. The molecule has 2 spiro atoms. The average Bonchev–Trinajstić information content (AvgIpc) is 2.56. The van der Waals surface area contributed by atoms with Crippen LogP contribution in [0.25, 0.3) is 0 Å². The predicted octanol–water partition coefficient (Wildman–Crippen LogP) is 3.37. The highest BCUT2D eigenvalue weighted by Crippen LogP contribution is 2.49. The van der Waals surface area contributed by atoms with Crippen molar-refractivity contribution in [1.29, 1.82) is 0 Å². The zero-order valence-electron chi connectivity index (χ0n) is 11.0. The predicted molar refractivity (Wildman–Crippen MR) is 64.6 cm³/mol. The topological polar surface area (TPSA) is 27.7 Å². The van der Waals surface area contributed by atoms with Gasteiger partial charge in [0.05, 0.1) is 12.2 Å². The van der Waals surface area contributed by atoms with Crippen molar-refractivity contribution in [2.45, 2.75) is 89.0 Å². The van der Waals surface area contributed by atoms with Crippen LogP contribution in [0.4, 0.5) is 0 Å². The van der Waals surface area contributed by atoms with E-state index in [1.54, 1.807) is 0 Å². The summed E-state index contributed by atoms with van der Waals surface area (Å²) in [6, 6.07) is 0. The summed E-state index contributed by atoms with van der Waals surface area (Å²) in [5, 5.41) is 0. The lowest BCUT2D eigenvalue weighted by Crippen LogP contribution is -2.46. The first-order valence-corrected chi connectivity index (χ1v) is 7.17. The van der Waals surface area contributed by atoms with Crippen molar-refractivity contribution in [3.63, 3.8) is 0 Å². The van der Waals surface area contributed by atoms with Gasteiger partial charge < -0.3 is 14.2 Å². The van der Waals surface area contributed by atoms with Crippen LogP contribution in [0.2, 0.25) is 0 Å². The first kappa shape index (κ1) is 11.9. The molecule has 0 aliphatic carbocycles. The highest BCUT2D eigenvalue weighted by atomic mass is 16.8. The number of hydrogen-bond donors (Lipinski definition) is 0. The lowest BCUT2D eigenvalue weighted by atomic mass is 9.96. The van der Waals surface area contributed by atoms with Crippen LogP contribution in [-0.2, 0) is 14.2 Å². The highest BCUT2D eigenvalue weighted by molar-refractivity contribution is 4.91. The maximum atomic E-state index is 6.31. The largest absolute Gasteiger partial charge is 0.347 e. The van der Waals surface area contributed by atoms with E-state index in [0.29, 0.717) is 12.2 Å². The summed E-state index contributed by atoms with van der Waals surface area (Å²) >= 11 is 0. The summed E-state index contributed by atoms with van der Waals surface area (Å²) in [6.45, 7) is 4.30. The van der Waals surface area contributed by atoms with Gasteiger partial charge in [0.2, 0.25) is 0 Å². The van der Waals surface area contributed by atoms with Gasteiger partial charge in [-0.25, -0.2) is 0 Å². The fraction of sp³-hybridized carbons (Fsp3) is 1.00. The molecule has 0 aromatic heterocycles. The molecule has 0 bridgehead atoms. The monoisotopic (exact) mass is 240 g/mol. The molecule has 3 nitrogen and oxygen atoms in total. The Morgan fingerprint density at radius 2 is 1.24 bits per heavy atom. The second-order valence-corrected chi connectivity index (χ2v) is 6.06. The lowest BCUT2D eigenvalue weighted by molar-refractivity contribution is -0.355.